The molecular formula is C18H35N3O2. The zero-order valence-electron chi connectivity index (χ0n) is 15.6. The van der Waals surface area contributed by atoms with E-state index in [0.29, 0.717) is 11.8 Å². The largest absolute Gasteiger partial charge is 0.377 e. The lowest BCUT2D eigenvalue weighted by atomic mass is 9.81. The van der Waals surface area contributed by atoms with Gasteiger partial charge in [-0.2, -0.15) is 0 Å². The van der Waals surface area contributed by atoms with E-state index in [0.717, 1.165) is 52.2 Å². The maximum absolute atomic E-state index is 12.4. The summed E-state index contributed by atoms with van der Waals surface area (Å²) in [5, 5.41) is 3.15. The van der Waals surface area contributed by atoms with Crippen LogP contribution in [-0.4, -0.2) is 68.3 Å². The van der Waals surface area contributed by atoms with Crippen molar-refractivity contribution in [3.8, 4) is 0 Å². The van der Waals surface area contributed by atoms with Crippen LogP contribution in [-0.2, 0) is 4.74 Å². The Morgan fingerprint density at radius 1 is 1.35 bits per heavy atom. The second kappa shape index (κ2) is 7.84. The van der Waals surface area contributed by atoms with Crippen LogP contribution in [0.15, 0.2) is 0 Å². The molecule has 2 amide bonds. The molecule has 2 aliphatic rings. The molecule has 2 saturated heterocycles. The van der Waals surface area contributed by atoms with Gasteiger partial charge >= 0.3 is 6.03 Å². The molecule has 2 rings (SSSR count). The van der Waals surface area contributed by atoms with E-state index in [1.54, 1.807) is 0 Å². The summed E-state index contributed by atoms with van der Waals surface area (Å²) in [7, 11) is 2.15. The zero-order valence-corrected chi connectivity index (χ0v) is 15.6. The third-order valence-electron chi connectivity index (χ3n) is 5.27. The fourth-order valence-corrected chi connectivity index (χ4v) is 3.87. The van der Waals surface area contributed by atoms with Crippen LogP contribution >= 0.6 is 0 Å². The summed E-state index contributed by atoms with van der Waals surface area (Å²) in [6.07, 6.45) is 2.41. The Bertz CT molecular complexity index is 394. The van der Waals surface area contributed by atoms with E-state index >= 15 is 0 Å². The van der Waals surface area contributed by atoms with Gasteiger partial charge in [0.1, 0.15) is 0 Å². The number of nitrogens with one attached hydrogen (secondary N) is 1. The number of carbonyl (C=O) groups is 1. The maximum Gasteiger partial charge on any atom is 0.317 e. The topological polar surface area (TPSA) is 44.8 Å². The number of urea groups is 1. The Balaban J connectivity index is 1.75. The van der Waals surface area contributed by atoms with Crippen LogP contribution in [0.2, 0.25) is 0 Å². The predicted octanol–water partition coefficient (Wildman–Crippen LogP) is 2.42. The van der Waals surface area contributed by atoms with Crippen molar-refractivity contribution in [1.82, 2.24) is 15.1 Å². The van der Waals surface area contributed by atoms with Crippen molar-refractivity contribution in [3.05, 3.63) is 0 Å². The molecule has 0 spiro atoms. The van der Waals surface area contributed by atoms with Gasteiger partial charge in [0.15, 0.2) is 0 Å². The first-order valence-corrected chi connectivity index (χ1v) is 9.14. The highest BCUT2D eigenvalue weighted by atomic mass is 16.5. The molecule has 0 aromatic heterocycles. The molecule has 0 aromatic carbocycles. The Labute approximate surface area is 141 Å². The molecule has 0 bridgehead atoms. The minimum Gasteiger partial charge on any atom is -0.377 e. The van der Waals surface area contributed by atoms with Crippen molar-refractivity contribution in [3.63, 3.8) is 0 Å². The zero-order chi connectivity index (χ0) is 17.0. The van der Waals surface area contributed by atoms with E-state index in [9.17, 15) is 4.79 Å². The quantitative estimate of drug-likeness (QED) is 0.844. The van der Waals surface area contributed by atoms with Gasteiger partial charge in [-0.1, -0.05) is 27.7 Å². The molecule has 1 N–H and O–H groups in total. The number of amides is 2. The Kier molecular flexibility index (Phi) is 6.32. The number of hydrogen-bond acceptors (Lipinski definition) is 3. The van der Waals surface area contributed by atoms with Gasteiger partial charge in [-0.3, -0.25) is 0 Å². The lowest BCUT2D eigenvalue weighted by molar-refractivity contribution is 0.00758. The lowest BCUT2D eigenvalue weighted by Crippen LogP contribution is -2.44. The first-order valence-electron chi connectivity index (χ1n) is 9.14. The molecule has 134 valence electrons. The molecule has 0 aliphatic carbocycles. The highest BCUT2D eigenvalue weighted by Gasteiger charge is 2.37. The molecule has 5 nitrogen and oxygen atoms in total. The summed E-state index contributed by atoms with van der Waals surface area (Å²) < 4.78 is 5.89. The van der Waals surface area contributed by atoms with Crippen molar-refractivity contribution in [2.24, 2.45) is 17.3 Å². The number of carbonyl (C=O) groups excluding carboxylic acids is 1. The third-order valence-corrected chi connectivity index (χ3v) is 5.27. The van der Waals surface area contributed by atoms with Crippen LogP contribution in [0.5, 0.6) is 0 Å². The minimum absolute atomic E-state index is 0.103. The summed E-state index contributed by atoms with van der Waals surface area (Å²) in [6.45, 7) is 14.3. The monoisotopic (exact) mass is 325 g/mol. The van der Waals surface area contributed by atoms with Crippen LogP contribution in [0.1, 0.15) is 40.5 Å². The van der Waals surface area contributed by atoms with Gasteiger partial charge in [0.25, 0.3) is 0 Å². The number of nitrogens with zero attached hydrogens (tertiary/aromatic N) is 2. The molecule has 5 heteroatoms. The van der Waals surface area contributed by atoms with Gasteiger partial charge in [0, 0.05) is 38.7 Å². The summed E-state index contributed by atoms with van der Waals surface area (Å²) in [5.41, 5.74) is 0.134. The summed E-state index contributed by atoms with van der Waals surface area (Å²) in [4.78, 5) is 16.7. The fraction of sp³-hybridized carbons (Fsp3) is 0.944. The summed E-state index contributed by atoms with van der Waals surface area (Å²) >= 11 is 0. The lowest BCUT2D eigenvalue weighted by Gasteiger charge is -2.31. The van der Waals surface area contributed by atoms with Gasteiger partial charge < -0.3 is 19.9 Å². The second-order valence-corrected chi connectivity index (χ2v) is 8.35. The Morgan fingerprint density at radius 2 is 2.09 bits per heavy atom. The third kappa shape index (κ3) is 5.08. The van der Waals surface area contributed by atoms with Crippen molar-refractivity contribution < 1.29 is 9.53 Å². The number of hydrogen-bond donors (Lipinski definition) is 1. The van der Waals surface area contributed by atoms with Crippen LogP contribution < -0.4 is 5.32 Å². The van der Waals surface area contributed by atoms with E-state index in [1.165, 1.54) is 0 Å². The van der Waals surface area contributed by atoms with Crippen molar-refractivity contribution in [2.75, 3.05) is 46.4 Å². The standard InChI is InChI=1S/C18H35N3O2/c1-6-20(5)12-14-7-9-21(13-14)17(22)19-11-15-8-10-23-16(15)18(2,3)4/h14-16H,6-13H2,1-5H3,(H,19,22)/t14-,15+,16+/m0/s1. The molecule has 23 heavy (non-hydrogen) atoms. The summed E-state index contributed by atoms with van der Waals surface area (Å²) in [5.74, 6) is 1.05. The molecule has 0 aromatic rings. The summed E-state index contributed by atoms with van der Waals surface area (Å²) in [6, 6.07) is 0.103. The molecule has 2 aliphatic heterocycles. The maximum atomic E-state index is 12.4. The predicted molar refractivity (Wildman–Crippen MR) is 93.6 cm³/mol. The van der Waals surface area contributed by atoms with Gasteiger partial charge in [-0.05, 0) is 37.8 Å². The van der Waals surface area contributed by atoms with Gasteiger partial charge in [-0.15, -0.1) is 0 Å². The Morgan fingerprint density at radius 3 is 2.74 bits per heavy atom. The number of ether oxygens (including phenoxy) is 1. The van der Waals surface area contributed by atoms with E-state index in [4.69, 9.17) is 4.74 Å². The minimum atomic E-state index is 0.103. The molecule has 3 atom stereocenters. The molecule has 0 unspecified atom stereocenters. The highest BCUT2D eigenvalue weighted by Crippen LogP contribution is 2.34. The van der Waals surface area contributed by atoms with E-state index in [2.05, 4.69) is 45.0 Å². The highest BCUT2D eigenvalue weighted by molar-refractivity contribution is 5.74. The smallest absolute Gasteiger partial charge is 0.317 e. The van der Waals surface area contributed by atoms with Crippen LogP contribution in [0.25, 0.3) is 0 Å². The van der Waals surface area contributed by atoms with Crippen LogP contribution in [0.4, 0.5) is 4.79 Å². The van der Waals surface area contributed by atoms with Crippen molar-refractivity contribution >= 4 is 6.03 Å². The molecule has 0 radical (unpaired) electrons. The normalized spacial score (nSPS) is 28.6. The van der Waals surface area contributed by atoms with Crippen molar-refractivity contribution in [2.45, 2.75) is 46.6 Å². The molecule has 2 fully saturated rings. The molecular weight excluding hydrogens is 290 g/mol. The SMILES string of the molecule is CCN(C)C[C@@H]1CCN(C(=O)NC[C@H]2CCO[C@H]2C(C)(C)C)C1. The Hall–Kier alpha value is -0.810. The van der Waals surface area contributed by atoms with E-state index in [1.807, 2.05) is 4.90 Å². The van der Waals surface area contributed by atoms with Crippen LogP contribution in [0.3, 0.4) is 0 Å². The van der Waals surface area contributed by atoms with Crippen LogP contribution in [0, 0.1) is 17.3 Å². The van der Waals surface area contributed by atoms with Crippen molar-refractivity contribution in [1.29, 1.82) is 0 Å². The molecule has 0 saturated carbocycles. The average molecular weight is 325 g/mol. The van der Waals surface area contributed by atoms with Gasteiger partial charge in [0.2, 0.25) is 0 Å². The van der Waals surface area contributed by atoms with Gasteiger partial charge in [-0.25, -0.2) is 4.79 Å². The van der Waals surface area contributed by atoms with Gasteiger partial charge in [0.05, 0.1) is 6.10 Å². The van der Waals surface area contributed by atoms with E-state index in [-0.39, 0.29) is 17.6 Å². The first-order chi connectivity index (χ1) is 10.8. The number of likely N-dealkylation sites (tertiary alicyclic amines) is 1. The second-order valence-electron chi connectivity index (χ2n) is 8.35. The average Bonchev–Trinajstić information content (AvgIpc) is 3.12. The van der Waals surface area contributed by atoms with E-state index < -0.39 is 0 Å². The first kappa shape index (κ1) is 18.5. The molecule has 2 heterocycles. The fourth-order valence-electron chi connectivity index (χ4n) is 3.87. The number of rotatable bonds is 5.